The minimum atomic E-state index is -0.549. The maximum absolute atomic E-state index is 12.7. The number of thiocarbonyl (C=S) groups is 1. The first-order valence-corrected chi connectivity index (χ1v) is 12.8. The molecule has 9 heteroatoms. The molecule has 0 saturated heterocycles. The Morgan fingerprint density at radius 2 is 1.91 bits per heavy atom. The van der Waals surface area contributed by atoms with Gasteiger partial charge in [-0.3, -0.25) is 14.9 Å². The van der Waals surface area contributed by atoms with Crippen molar-refractivity contribution in [3.63, 3.8) is 0 Å². The Bertz CT molecular complexity index is 1200. The SMILES string of the molecule is CCCCOc1ccc(C(=O)NC(=S)Nc2sc(Cc3ccccc3)c(C)c2C(N)=O)cc1Br. The number of hydrogen-bond donors (Lipinski definition) is 3. The van der Waals surface area contributed by atoms with Gasteiger partial charge in [0.15, 0.2) is 5.11 Å². The largest absolute Gasteiger partial charge is 0.492 e. The molecule has 0 bridgehead atoms. The average Bonchev–Trinajstić information content (AvgIpc) is 3.09. The number of nitrogens with one attached hydrogen (secondary N) is 2. The number of nitrogens with two attached hydrogens (primary N) is 1. The molecule has 2 amide bonds. The van der Waals surface area contributed by atoms with Crippen LogP contribution in [-0.4, -0.2) is 23.5 Å². The molecule has 178 valence electrons. The van der Waals surface area contributed by atoms with Crippen LogP contribution in [0.3, 0.4) is 0 Å². The molecular weight excluding hydrogens is 534 g/mol. The summed E-state index contributed by atoms with van der Waals surface area (Å²) in [7, 11) is 0. The van der Waals surface area contributed by atoms with E-state index < -0.39 is 5.91 Å². The molecule has 6 nitrogen and oxygen atoms in total. The predicted octanol–water partition coefficient (Wildman–Crippen LogP) is 5.81. The Hall–Kier alpha value is -2.75. The Balaban J connectivity index is 1.70. The van der Waals surface area contributed by atoms with E-state index in [0.717, 1.165) is 28.8 Å². The van der Waals surface area contributed by atoms with E-state index in [9.17, 15) is 9.59 Å². The molecule has 34 heavy (non-hydrogen) atoms. The summed E-state index contributed by atoms with van der Waals surface area (Å²) in [5.74, 6) is -0.249. The molecule has 0 aliphatic rings. The zero-order chi connectivity index (χ0) is 24.7. The first-order valence-electron chi connectivity index (χ1n) is 10.8. The molecule has 4 N–H and O–H groups in total. The highest BCUT2D eigenvalue weighted by atomic mass is 79.9. The summed E-state index contributed by atoms with van der Waals surface area (Å²) < 4.78 is 6.39. The predicted molar refractivity (Wildman–Crippen MR) is 145 cm³/mol. The van der Waals surface area contributed by atoms with Crippen molar-refractivity contribution >= 4 is 61.4 Å². The van der Waals surface area contributed by atoms with Gasteiger partial charge in [0.25, 0.3) is 11.8 Å². The third kappa shape index (κ3) is 6.65. The molecule has 2 aromatic carbocycles. The lowest BCUT2D eigenvalue weighted by Crippen LogP contribution is -2.34. The third-order valence-electron chi connectivity index (χ3n) is 5.10. The van der Waals surface area contributed by atoms with Gasteiger partial charge < -0.3 is 15.8 Å². The molecule has 0 aliphatic carbocycles. The van der Waals surface area contributed by atoms with Gasteiger partial charge in [0.2, 0.25) is 0 Å². The molecule has 3 aromatic rings. The van der Waals surface area contributed by atoms with Crippen LogP contribution in [0.5, 0.6) is 5.75 Å². The summed E-state index contributed by atoms with van der Waals surface area (Å²) >= 11 is 10.2. The van der Waals surface area contributed by atoms with Crippen LogP contribution >= 0.6 is 39.5 Å². The monoisotopic (exact) mass is 559 g/mol. The summed E-state index contributed by atoms with van der Waals surface area (Å²) in [6.07, 6.45) is 2.66. The van der Waals surface area contributed by atoms with Crippen LogP contribution in [0.15, 0.2) is 53.0 Å². The fourth-order valence-electron chi connectivity index (χ4n) is 3.29. The van der Waals surface area contributed by atoms with Crippen molar-refractivity contribution in [2.75, 3.05) is 11.9 Å². The second kappa shape index (κ2) is 12.1. The van der Waals surface area contributed by atoms with E-state index in [2.05, 4.69) is 33.5 Å². The molecule has 1 heterocycles. The number of carbonyl (C=O) groups excluding carboxylic acids is 2. The second-order valence-electron chi connectivity index (χ2n) is 7.64. The molecule has 0 aliphatic heterocycles. The van der Waals surface area contributed by atoms with Gasteiger partial charge in [-0.15, -0.1) is 11.3 Å². The topological polar surface area (TPSA) is 93.4 Å². The minimum Gasteiger partial charge on any atom is -0.492 e. The second-order valence-corrected chi connectivity index (χ2v) is 10.0. The summed E-state index contributed by atoms with van der Waals surface area (Å²) in [5.41, 5.74) is 8.37. The van der Waals surface area contributed by atoms with E-state index >= 15 is 0 Å². The highest BCUT2D eigenvalue weighted by molar-refractivity contribution is 9.10. The van der Waals surface area contributed by atoms with E-state index in [1.807, 2.05) is 37.3 Å². The van der Waals surface area contributed by atoms with Crippen LogP contribution in [0, 0.1) is 6.92 Å². The van der Waals surface area contributed by atoms with E-state index in [1.54, 1.807) is 18.2 Å². The Labute approximate surface area is 217 Å². The highest BCUT2D eigenvalue weighted by Gasteiger charge is 2.21. The van der Waals surface area contributed by atoms with Crippen LogP contribution in [0.1, 0.15) is 56.5 Å². The van der Waals surface area contributed by atoms with Crippen molar-refractivity contribution in [3.8, 4) is 5.75 Å². The van der Waals surface area contributed by atoms with Crippen LogP contribution in [-0.2, 0) is 6.42 Å². The molecule has 1 aromatic heterocycles. The highest BCUT2D eigenvalue weighted by Crippen LogP contribution is 2.34. The normalized spacial score (nSPS) is 10.6. The zero-order valence-corrected chi connectivity index (χ0v) is 22.2. The maximum atomic E-state index is 12.7. The number of rotatable bonds is 9. The molecule has 0 radical (unpaired) electrons. The number of hydrogen-bond acceptors (Lipinski definition) is 5. The summed E-state index contributed by atoms with van der Waals surface area (Å²) in [6, 6.07) is 15.1. The molecule has 0 fully saturated rings. The van der Waals surface area contributed by atoms with Gasteiger partial charge in [0, 0.05) is 16.9 Å². The van der Waals surface area contributed by atoms with E-state index in [-0.39, 0.29) is 11.0 Å². The molecule has 0 unspecified atom stereocenters. The van der Waals surface area contributed by atoms with Gasteiger partial charge in [-0.2, -0.15) is 0 Å². The lowest BCUT2D eigenvalue weighted by Gasteiger charge is -2.11. The maximum Gasteiger partial charge on any atom is 0.257 e. The van der Waals surface area contributed by atoms with E-state index in [4.69, 9.17) is 22.7 Å². The number of anilines is 1. The fourth-order valence-corrected chi connectivity index (χ4v) is 5.29. The Morgan fingerprint density at radius 1 is 1.18 bits per heavy atom. The van der Waals surface area contributed by atoms with Gasteiger partial charge in [-0.25, -0.2) is 0 Å². The quantitative estimate of drug-likeness (QED) is 0.227. The van der Waals surface area contributed by atoms with Gasteiger partial charge in [0.1, 0.15) is 10.8 Å². The fraction of sp³-hybridized carbons (Fsp3) is 0.240. The van der Waals surface area contributed by atoms with Crippen LogP contribution in [0.25, 0.3) is 0 Å². The first kappa shape index (κ1) is 25.9. The zero-order valence-electron chi connectivity index (χ0n) is 18.9. The Kier molecular flexibility index (Phi) is 9.20. The molecule has 0 atom stereocenters. The molecule has 0 saturated carbocycles. The summed E-state index contributed by atoms with van der Waals surface area (Å²) in [5, 5.41) is 6.24. The van der Waals surface area contributed by atoms with Crippen molar-refractivity contribution in [2.24, 2.45) is 5.73 Å². The summed E-state index contributed by atoms with van der Waals surface area (Å²) in [6.45, 7) is 4.57. The Morgan fingerprint density at radius 3 is 2.56 bits per heavy atom. The minimum absolute atomic E-state index is 0.0828. The van der Waals surface area contributed by atoms with E-state index in [1.165, 1.54) is 11.3 Å². The lowest BCUT2D eigenvalue weighted by atomic mass is 10.1. The van der Waals surface area contributed by atoms with Crippen LogP contribution < -0.4 is 21.1 Å². The number of carbonyl (C=O) groups is 2. The number of benzene rings is 2. The van der Waals surface area contributed by atoms with Crippen molar-refractivity contribution in [1.29, 1.82) is 0 Å². The number of thiophene rings is 1. The van der Waals surface area contributed by atoms with Crippen molar-refractivity contribution in [1.82, 2.24) is 5.32 Å². The van der Waals surface area contributed by atoms with Crippen molar-refractivity contribution in [2.45, 2.75) is 33.1 Å². The standard InChI is InChI=1S/C25H26BrN3O3S2/c1-3-4-12-32-19-11-10-17(14-18(19)26)23(31)28-25(33)29-24-21(22(27)30)15(2)20(34-24)13-16-8-6-5-7-9-16/h5-11,14H,3-4,12-13H2,1-2H3,(H2,27,30)(H2,28,29,31,33). The van der Waals surface area contributed by atoms with E-state index in [0.29, 0.717) is 39.4 Å². The smallest absolute Gasteiger partial charge is 0.257 e. The summed E-state index contributed by atoms with van der Waals surface area (Å²) in [4.78, 5) is 25.9. The first-order chi connectivity index (χ1) is 16.3. The van der Waals surface area contributed by atoms with Gasteiger partial charge in [-0.1, -0.05) is 43.7 Å². The van der Waals surface area contributed by atoms with Crippen molar-refractivity contribution in [3.05, 3.63) is 80.1 Å². The molecule has 0 spiro atoms. The number of unbranched alkanes of at least 4 members (excludes halogenated alkanes) is 1. The number of halogens is 1. The molecular formula is C25H26BrN3O3S2. The van der Waals surface area contributed by atoms with Crippen LogP contribution in [0.4, 0.5) is 5.00 Å². The van der Waals surface area contributed by atoms with Gasteiger partial charge >= 0.3 is 0 Å². The number of primary amides is 1. The third-order valence-corrected chi connectivity index (χ3v) is 7.13. The van der Waals surface area contributed by atoms with Gasteiger partial charge in [0.05, 0.1) is 16.6 Å². The van der Waals surface area contributed by atoms with Crippen molar-refractivity contribution < 1.29 is 14.3 Å². The lowest BCUT2D eigenvalue weighted by molar-refractivity contribution is 0.0975. The molecule has 3 rings (SSSR count). The van der Waals surface area contributed by atoms with Gasteiger partial charge in [-0.05, 0) is 70.8 Å². The average molecular weight is 561 g/mol. The van der Waals surface area contributed by atoms with Crippen LogP contribution in [0.2, 0.25) is 0 Å². The number of ether oxygens (including phenoxy) is 1. The number of amides is 2.